The molecule has 23 heavy (non-hydrogen) atoms. The lowest BCUT2D eigenvalue weighted by molar-refractivity contribution is 0.512. The highest BCUT2D eigenvalue weighted by atomic mass is 19.2. The van der Waals surface area contributed by atoms with Crippen LogP contribution in [-0.2, 0) is 0 Å². The molecule has 3 aromatic rings. The molecule has 0 aliphatic heterocycles. The van der Waals surface area contributed by atoms with Crippen molar-refractivity contribution in [2.75, 3.05) is 11.5 Å². The number of fused-ring (bicyclic) bond motifs is 1. The van der Waals surface area contributed by atoms with Gasteiger partial charge in [-0.15, -0.1) is 0 Å². The summed E-state index contributed by atoms with van der Waals surface area (Å²) in [6.45, 7) is 0. The standard InChI is InChI=1S/C8H4F2N2O.C6H6F2N2/c9-4-1-2-5-8(7(4)10)12-6(13)3-11-5;7-3-1-2-4(9)6(10)5(3)8/h1-3H,(H,12,13);1-2H,9-10H2. The first-order valence-electron chi connectivity index (χ1n) is 6.13. The van der Waals surface area contributed by atoms with Crippen LogP contribution in [0.25, 0.3) is 11.0 Å². The molecule has 0 radical (unpaired) electrons. The summed E-state index contributed by atoms with van der Waals surface area (Å²) < 4.78 is 50.3. The minimum Gasteiger partial charge on any atom is -0.397 e. The lowest BCUT2D eigenvalue weighted by Crippen LogP contribution is -2.06. The molecule has 0 atom stereocenters. The van der Waals surface area contributed by atoms with E-state index in [4.69, 9.17) is 11.5 Å². The van der Waals surface area contributed by atoms with Gasteiger partial charge in [-0.1, -0.05) is 0 Å². The summed E-state index contributed by atoms with van der Waals surface area (Å²) in [5.41, 5.74) is 9.38. The molecular weight excluding hydrogens is 316 g/mol. The van der Waals surface area contributed by atoms with Crippen molar-refractivity contribution in [3.8, 4) is 0 Å². The molecule has 9 heteroatoms. The maximum atomic E-state index is 13.0. The van der Waals surface area contributed by atoms with Crippen molar-refractivity contribution >= 4 is 22.4 Å². The van der Waals surface area contributed by atoms with E-state index in [2.05, 4.69) is 9.97 Å². The highest BCUT2D eigenvalue weighted by Gasteiger charge is 2.08. The summed E-state index contributed by atoms with van der Waals surface area (Å²) in [7, 11) is 0. The second-order valence-corrected chi connectivity index (χ2v) is 4.37. The van der Waals surface area contributed by atoms with Gasteiger partial charge in [-0.2, -0.15) is 0 Å². The summed E-state index contributed by atoms with van der Waals surface area (Å²) in [6.07, 6.45) is 1.01. The van der Waals surface area contributed by atoms with Gasteiger partial charge in [0.25, 0.3) is 5.56 Å². The number of rotatable bonds is 0. The van der Waals surface area contributed by atoms with Crippen LogP contribution in [0.15, 0.2) is 35.3 Å². The molecule has 0 saturated heterocycles. The topological polar surface area (TPSA) is 97.8 Å². The van der Waals surface area contributed by atoms with E-state index in [0.29, 0.717) is 0 Å². The number of halogens is 4. The summed E-state index contributed by atoms with van der Waals surface area (Å²) in [5.74, 6) is -4.15. The van der Waals surface area contributed by atoms with Gasteiger partial charge in [-0.05, 0) is 24.3 Å². The second kappa shape index (κ2) is 6.34. The molecule has 0 bridgehead atoms. The van der Waals surface area contributed by atoms with Crippen molar-refractivity contribution in [1.29, 1.82) is 0 Å². The Balaban J connectivity index is 0.000000174. The molecule has 0 amide bonds. The molecule has 5 nitrogen and oxygen atoms in total. The molecule has 5 N–H and O–H groups in total. The molecule has 3 rings (SSSR count). The van der Waals surface area contributed by atoms with E-state index < -0.39 is 28.8 Å². The number of benzene rings is 2. The number of H-pyrrole nitrogens is 1. The number of nitrogens with two attached hydrogens (primary N) is 2. The Labute approximate surface area is 126 Å². The number of anilines is 2. The average molecular weight is 326 g/mol. The molecule has 0 spiro atoms. The molecular formula is C14H10F4N4O. The summed E-state index contributed by atoms with van der Waals surface area (Å²) in [5, 5.41) is 0. The highest BCUT2D eigenvalue weighted by Crippen LogP contribution is 2.20. The maximum Gasteiger partial charge on any atom is 0.266 e. The predicted octanol–water partition coefficient (Wildman–Crippen LogP) is 2.33. The van der Waals surface area contributed by atoms with Gasteiger partial charge in [0.2, 0.25) is 0 Å². The number of aromatic nitrogens is 2. The molecule has 2 aromatic carbocycles. The number of nitrogen functional groups attached to an aromatic ring is 2. The minimum absolute atomic E-state index is 0.0545. The van der Waals surface area contributed by atoms with Crippen LogP contribution in [0, 0.1) is 23.3 Å². The first-order chi connectivity index (χ1) is 10.8. The quantitative estimate of drug-likeness (QED) is 0.436. The van der Waals surface area contributed by atoms with Gasteiger partial charge < -0.3 is 16.5 Å². The van der Waals surface area contributed by atoms with Crippen molar-refractivity contribution in [3.05, 3.63) is 64.1 Å². The molecule has 0 aliphatic rings. The van der Waals surface area contributed by atoms with Gasteiger partial charge in [-0.3, -0.25) is 4.79 Å². The largest absolute Gasteiger partial charge is 0.397 e. The Morgan fingerprint density at radius 2 is 1.52 bits per heavy atom. The van der Waals surface area contributed by atoms with Crippen molar-refractivity contribution in [2.24, 2.45) is 0 Å². The number of nitrogens with one attached hydrogen (secondary N) is 1. The molecule has 0 aliphatic carbocycles. The zero-order valence-corrected chi connectivity index (χ0v) is 11.4. The Morgan fingerprint density at radius 1 is 0.913 bits per heavy atom. The molecule has 0 saturated carbocycles. The van der Waals surface area contributed by atoms with E-state index in [1.165, 1.54) is 12.1 Å². The third-order valence-electron chi connectivity index (χ3n) is 2.81. The van der Waals surface area contributed by atoms with E-state index in [1.807, 2.05) is 0 Å². The van der Waals surface area contributed by atoms with Crippen molar-refractivity contribution in [3.63, 3.8) is 0 Å². The number of aromatic amines is 1. The van der Waals surface area contributed by atoms with Crippen molar-refractivity contribution in [1.82, 2.24) is 9.97 Å². The Morgan fingerprint density at radius 3 is 2.17 bits per heavy atom. The van der Waals surface area contributed by atoms with E-state index in [1.54, 1.807) is 0 Å². The monoisotopic (exact) mass is 326 g/mol. The normalized spacial score (nSPS) is 10.3. The number of hydrogen-bond donors (Lipinski definition) is 3. The SMILES string of the molecule is Nc1ccc(F)c(F)c1N.O=c1cnc2ccc(F)c(F)c2[nH]1. The third kappa shape index (κ3) is 3.39. The minimum atomic E-state index is -1.08. The average Bonchev–Trinajstić information content (AvgIpc) is 2.54. The van der Waals surface area contributed by atoms with Crippen LogP contribution in [0.2, 0.25) is 0 Å². The van der Waals surface area contributed by atoms with Gasteiger partial charge in [0.15, 0.2) is 23.3 Å². The molecule has 0 fully saturated rings. The number of nitrogens with zero attached hydrogens (tertiary/aromatic N) is 1. The van der Waals surface area contributed by atoms with Gasteiger partial charge in [0.1, 0.15) is 5.52 Å². The zero-order chi connectivity index (χ0) is 17.1. The van der Waals surface area contributed by atoms with E-state index >= 15 is 0 Å². The van der Waals surface area contributed by atoms with Gasteiger partial charge in [0.05, 0.1) is 23.1 Å². The Hall–Kier alpha value is -3.10. The van der Waals surface area contributed by atoms with Crippen LogP contribution >= 0.6 is 0 Å². The van der Waals surface area contributed by atoms with E-state index in [9.17, 15) is 22.4 Å². The molecule has 120 valence electrons. The fourth-order valence-corrected chi connectivity index (χ4v) is 1.63. The molecule has 1 aromatic heterocycles. The van der Waals surface area contributed by atoms with Crippen LogP contribution in [-0.4, -0.2) is 9.97 Å². The smallest absolute Gasteiger partial charge is 0.266 e. The molecule has 1 heterocycles. The fourth-order valence-electron chi connectivity index (χ4n) is 1.63. The first kappa shape index (κ1) is 16.3. The Bertz CT molecular complexity index is 900. The lowest BCUT2D eigenvalue weighted by atomic mass is 10.2. The summed E-state index contributed by atoms with van der Waals surface area (Å²) in [4.78, 5) is 16.5. The van der Waals surface area contributed by atoms with Crippen LogP contribution in [0.4, 0.5) is 28.9 Å². The van der Waals surface area contributed by atoms with Gasteiger partial charge in [-0.25, -0.2) is 22.5 Å². The predicted molar refractivity (Wildman–Crippen MR) is 77.5 cm³/mol. The van der Waals surface area contributed by atoms with Crippen LogP contribution in [0.5, 0.6) is 0 Å². The van der Waals surface area contributed by atoms with Gasteiger partial charge >= 0.3 is 0 Å². The maximum absolute atomic E-state index is 13.0. The van der Waals surface area contributed by atoms with E-state index in [-0.39, 0.29) is 22.4 Å². The van der Waals surface area contributed by atoms with Crippen LogP contribution in [0.3, 0.4) is 0 Å². The summed E-state index contributed by atoms with van der Waals surface area (Å²) in [6, 6.07) is 4.40. The third-order valence-corrected chi connectivity index (χ3v) is 2.81. The van der Waals surface area contributed by atoms with Crippen molar-refractivity contribution < 1.29 is 17.6 Å². The highest BCUT2D eigenvalue weighted by molar-refractivity contribution is 5.74. The first-order valence-corrected chi connectivity index (χ1v) is 6.13. The zero-order valence-electron chi connectivity index (χ0n) is 11.4. The van der Waals surface area contributed by atoms with E-state index in [0.717, 1.165) is 18.3 Å². The van der Waals surface area contributed by atoms with Gasteiger partial charge in [0, 0.05) is 0 Å². The van der Waals surface area contributed by atoms with Crippen molar-refractivity contribution in [2.45, 2.75) is 0 Å². The van der Waals surface area contributed by atoms with Crippen LogP contribution in [0.1, 0.15) is 0 Å². The summed E-state index contributed by atoms with van der Waals surface area (Å²) >= 11 is 0. The Kier molecular flexibility index (Phi) is 4.49. The number of hydrogen-bond acceptors (Lipinski definition) is 4. The second-order valence-electron chi connectivity index (χ2n) is 4.37. The molecule has 0 unspecified atom stereocenters. The fraction of sp³-hybridized carbons (Fsp3) is 0. The van der Waals surface area contributed by atoms with Crippen LogP contribution < -0.4 is 17.0 Å². The lowest BCUT2D eigenvalue weighted by Gasteiger charge is -1.99.